The number of hydrogen-bond donors (Lipinski definition) is 2. The van der Waals surface area contributed by atoms with Gasteiger partial charge in [-0.1, -0.05) is 13.8 Å². The van der Waals surface area contributed by atoms with Crippen molar-refractivity contribution < 1.29 is 17.9 Å². The van der Waals surface area contributed by atoms with Crippen LogP contribution >= 0.6 is 0 Å². The lowest BCUT2D eigenvalue weighted by atomic mass is 10.1. The highest BCUT2D eigenvalue weighted by molar-refractivity contribution is 7.92. The highest BCUT2D eigenvalue weighted by Gasteiger charge is 2.21. The Bertz CT molecular complexity index is 821. The Balaban J connectivity index is 2.14. The van der Waals surface area contributed by atoms with Crippen molar-refractivity contribution in [2.45, 2.75) is 25.2 Å². The van der Waals surface area contributed by atoms with Crippen LogP contribution in [0.25, 0.3) is 0 Å². The van der Waals surface area contributed by atoms with E-state index in [4.69, 9.17) is 9.47 Å². The first-order valence-corrected chi connectivity index (χ1v) is 9.79. The zero-order valence-corrected chi connectivity index (χ0v) is 16.3. The van der Waals surface area contributed by atoms with Gasteiger partial charge >= 0.3 is 0 Å². The van der Waals surface area contributed by atoms with E-state index in [1.54, 1.807) is 24.3 Å². The van der Waals surface area contributed by atoms with Crippen molar-refractivity contribution in [2.75, 3.05) is 30.8 Å². The fourth-order valence-electron chi connectivity index (χ4n) is 2.25. The molecule has 8 heteroatoms. The number of rotatable bonds is 9. The van der Waals surface area contributed by atoms with Crippen molar-refractivity contribution in [2.24, 2.45) is 5.92 Å². The van der Waals surface area contributed by atoms with E-state index in [9.17, 15) is 8.42 Å². The van der Waals surface area contributed by atoms with Gasteiger partial charge in [-0.15, -0.1) is 0 Å². The summed E-state index contributed by atoms with van der Waals surface area (Å²) < 4.78 is 38.1. The van der Waals surface area contributed by atoms with Gasteiger partial charge in [0.05, 0.1) is 26.1 Å². The lowest BCUT2D eigenvalue weighted by Gasteiger charge is -2.13. The molecule has 0 aliphatic heterocycles. The number of benzene rings is 1. The van der Waals surface area contributed by atoms with E-state index in [0.717, 1.165) is 13.0 Å². The lowest BCUT2D eigenvalue weighted by Crippen LogP contribution is -2.14. The van der Waals surface area contributed by atoms with Gasteiger partial charge in [0.1, 0.15) is 22.2 Å². The molecule has 0 atom stereocenters. The SMILES string of the molecule is COc1ccc(OC)c(S(=O)(=O)Nc2ccc(NCCC(C)C)nc2)c1. The molecule has 1 heterocycles. The molecule has 1 aromatic heterocycles. The van der Waals surface area contributed by atoms with Crippen LogP contribution in [0.15, 0.2) is 41.4 Å². The molecule has 0 saturated heterocycles. The molecule has 0 fully saturated rings. The van der Waals surface area contributed by atoms with Crippen molar-refractivity contribution in [3.05, 3.63) is 36.5 Å². The Morgan fingerprint density at radius 3 is 2.46 bits per heavy atom. The average Bonchev–Trinajstić information content (AvgIpc) is 2.62. The lowest BCUT2D eigenvalue weighted by molar-refractivity contribution is 0.392. The third kappa shape index (κ3) is 5.26. The van der Waals surface area contributed by atoms with Gasteiger partial charge in [0.2, 0.25) is 0 Å². The first-order valence-electron chi connectivity index (χ1n) is 8.30. The molecule has 0 amide bonds. The van der Waals surface area contributed by atoms with Crippen molar-refractivity contribution in [1.29, 1.82) is 0 Å². The quantitative estimate of drug-likeness (QED) is 0.694. The zero-order chi connectivity index (χ0) is 19.2. The van der Waals surface area contributed by atoms with Crippen LogP contribution < -0.4 is 19.5 Å². The summed E-state index contributed by atoms with van der Waals surface area (Å²) in [7, 11) is -0.956. The Morgan fingerprint density at radius 1 is 1.12 bits per heavy atom. The minimum atomic E-state index is -3.85. The summed E-state index contributed by atoms with van der Waals surface area (Å²) in [6, 6.07) is 8.00. The molecule has 0 aliphatic carbocycles. The number of nitrogens with one attached hydrogen (secondary N) is 2. The maximum absolute atomic E-state index is 12.7. The molecule has 2 rings (SSSR count). The van der Waals surface area contributed by atoms with E-state index >= 15 is 0 Å². The number of nitrogens with zero attached hydrogens (tertiary/aromatic N) is 1. The number of hydrogen-bond acceptors (Lipinski definition) is 6. The fraction of sp³-hybridized carbons (Fsp3) is 0.389. The molecule has 26 heavy (non-hydrogen) atoms. The van der Waals surface area contributed by atoms with Crippen LogP contribution in [-0.4, -0.2) is 34.2 Å². The van der Waals surface area contributed by atoms with E-state index < -0.39 is 10.0 Å². The Kier molecular flexibility index (Phi) is 6.68. The first kappa shape index (κ1) is 19.8. The Hall–Kier alpha value is -2.48. The molecule has 2 aromatic rings. The number of sulfonamides is 1. The summed E-state index contributed by atoms with van der Waals surface area (Å²) in [5.74, 6) is 1.96. The topological polar surface area (TPSA) is 89.5 Å². The second-order valence-corrected chi connectivity index (χ2v) is 7.81. The van der Waals surface area contributed by atoms with Crippen LogP contribution in [-0.2, 0) is 10.0 Å². The van der Waals surface area contributed by atoms with Gasteiger partial charge < -0.3 is 14.8 Å². The van der Waals surface area contributed by atoms with E-state index in [1.807, 2.05) is 0 Å². The molecule has 0 unspecified atom stereocenters. The molecule has 0 saturated carbocycles. The van der Waals surface area contributed by atoms with Crippen LogP contribution in [0.2, 0.25) is 0 Å². The van der Waals surface area contributed by atoms with Crippen LogP contribution in [0, 0.1) is 5.92 Å². The number of aromatic nitrogens is 1. The molecule has 0 bridgehead atoms. The number of pyridine rings is 1. The van der Waals surface area contributed by atoms with Gasteiger partial charge in [0, 0.05) is 12.6 Å². The van der Waals surface area contributed by atoms with E-state index in [2.05, 4.69) is 28.9 Å². The van der Waals surface area contributed by atoms with Crippen LogP contribution in [0.1, 0.15) is 20.3 Å². The summed E-state index contributed by atoms with van der Waals surface area (Å²) in [5.41, 5.74) is 0.365. The summed E-state index contributed by atoms with van der Waals surface area (Å²) in [4.78, 5) is 4.23. The molecular weight excluding hydrogens is 354 g/mol. The predicted octanol–water partition coefficient (Wildman–Crippen LogP) is 3.36. The fourth-order valence-corrected chi connectivity index (χ4v) is 3.48. The maximum atomic E-state index is 12.7. The summed E-state index contributed by atoms with van der Waals surface area (Å²) in [6.07, 6.45) is 2.51. The van der Waals surface area contributed by atoms with Crippen LogP contribution in [0.3, 0.4) is 0 Å². The monoisotopic (exact) mass is 379 g/mol. The molecule has 7 nitrogen and oxygen atoms in total. The van der Waals surface area contributed by atoms with Crippen LogP contribution in [0.5, 0.6) is 11.5 Å². The molecule has 2 N–H and O–H groups in total. The minimum absolute atomic E-state index is 0.00140. The van der Waals surface area contributed by atoms with Crippen molar-refractivity contribution in [3.63, 3.8) is 0 Å². The predicted molar refractivity (Wildman–Crippen MR) is 103 cm³/mol. The molecular formula is C18H25N3O4S. The van der Waals surface area contributed by atoms with Gasteiger partial charge in [-0.05, 0) is 36.6 Å². The second-order valence-electron chi connectivity index (χ2n) is 6.16. The molecule has 0 aliphatic rings. The molecule has 0 spiro atoms. The number of ether oxygens (including phenoxy) is 2. The summed E-state index contributed by atoms with van der Waals surface area (Å²) in [5, 5.41) is 3.21. The van der Waals surface area contributed by atoms with Crippen molar-refractivity contribution in [1.82, 2.24) is 4.98 Å². The van der Waals surface area contributed by atoms with E-state index in [0.29, 0.717) is 23.2 Å². The smallest absolute Gasteiger partial charge is 0.265 e. The van der Waals surface area contributed by atoms with Gasteiger partial charge in [-0.2, -0.15) is 0 Å². The normalized spacial score (nSPS) is 11.3. The van der Waals surface area contributed by atoms with Gasteiger partial charge in [-0.3, -0.25) is 4.72 Å². The average molecular weight is 379 g/mol. The highest BCUT2D eigenvalue weighted by atomic mass is 32.2. The van der Waals surface area contributed by atoms with Crippen molar-refractivity contribution in [3.8, 4) is 11.5 Å². The summed E-state index contributed by atoms with van der Waals surface area (Å²) in [6.45, 7) is 5.12. The molecule has 142 valence electrons. The standard InChI is InChI=1S/C18H25N3O4S/c1-13(2)9-10-19-18-8-5-14(12-20-18)21-26(22,23)17-11-15(24-3)6-7-16(17)25-4/h5-8,11-13,21H,9-10H2,1-4H3,(H,19,20). The largest absolute Gasteiger partial charge is 0.497 e. The maximum Gasteiger partial charge on any atom is 0.265 e. The minimum Gasteiger partial charge on any atom is -0.497 e. The third-order valence-electron chi connectivity index (χ3n) is 3.70. The second kappa shape index (κ2) is 8.75. The Morgan fingerprint density at radius 2 is 1.88 bits per heavy atom. The number of methoxy groups -OCH3 is 2. The highest BCUT2D eigenvalue weighted by Crippen LogP contribution is 2.29. The molecule has 0 radical (unpaired) electrons. The Labute approximate surface area is 154 Å². The van der Waals surface area contributed by atoms with Gasteiger partial charge in [0.15, 0.2) is 0 Å². The third-order valence-corrected chi connectivity index (χ3v) is 5.11. The van der Waals surface area contributed by atoms with Crippen molar-refractivity contribution >= 4 is 21.5 Å². The molecule has 1 aromatic carbocycles. The van der Waals surface area contributed by atoms with Gasteiger partial charge in [0.25, 0.3) is 10.0 Å². The summed E-state index contributed by atoms with van der Waals surface area (Å²) >= 11 is 0. The van der Waals surface area contributed by atoms with E-state index in [-0.39, 0.29) is 10.6 Å². The number of anilines is 2. The zero-order valence-electron chi connectivity index (χ0n) is 15.4. The van der Waals surface area contributed by atoms with Gasteiger partial charge in [-0.25, -0.2) is 13.4 Å². The van der Waals surface area contributed by atoms with E-state index in [1.165, 1.54) is 26.5 Å². The first-order chi connectivity index (χ1) is 12.4. The van der Waals surface area contributed by atoms with Crippen LogP contribution in [0.4, 0.5) is 11.5 Å².